The van der Waals surface area contributed by atoms with Gasteiger partial charge in [-0.05, 0) is 42.5 Å². The Morgan fingerprint density at radius 2 is 1.59 bits per heavy atom. The number of aromatic nitrogens is 1. The summed E-state index contributed by atoms with van der Waals surface area (Å²) in [7, 11) is -0.626. The zero-order valence-electron chi connectivity index (χ0n) is 27.6. The molecule has 1 aromatic heterocycles. The molecule has 0 spiro atoms. The summed E-state index contributed by atoms with van der Waals surface area (Å²) < 4.78 is 27.4. The average Bonchev–Trinajstić information content (AvgIpc) is 2.93. The van der Waals surface area contributed by atoms with Crippen LogP contribution in [0.3, 0.4) is 0 Å². The van der Waals surface area contributed by atoms with E-state index in [-0.39, 0.29) is 23.3 Å². The molecule has 1 unspecified atom stereocenters. The van der Waals surface area contributed by atoms with Gasteiger partial charge in [0.15, 0.2) is 0 Å². The van der Waals surface area contributed by atoms with E-state index in [9.17, 15) is 22.8 Å². The van der Waals surface area contributed by atoms with E-state index in [4.69, 9.17) is 0 Å². The van der Waals surface area contributed by atoms with Gasteiger partial charge < -0.3 is 15.5 Å². The van der Waals surface area contributed by atoms with Crippen LogP contribution in [0.25, 0.3) is 0 Å². The van der Waals surface area contributed by atoms with Crippen LogP contribution in [0.2, 0.25) is 0 Å². The second-order valence-electron chi connectivity index (χ2n) is 13.2. The van der Waals surface area contributed by atoms with Gasteiger partial charge >= 0.3 is 0 Å². The molecule has 0 aliphatic rings. The highest BCUT2D eigenvalue weighted by atomic mass is 32.2. The number of carbonyl (C=O) groups excluding carboxylic acids is 3. The van der Waals surface area contributed by atoms with E-state index in [0.717, 1.165) is 5.56 Å². The van der Waals surface area contributed by atoms with Gasteiger partial charge in [0.1, 0.15) is 6.04 Å². The van der Waals surface area contributed by atoms with E-state index < -0.39 is 50.6 Å². The predicted octanol–water partition coefficient (Wildman–Crippen LogP) is 3.55. The van der Waals surface area contributed by atoms with Crippen molar-refractivity contribution < 1.29 is 22.8 Å². The van der Waals surface area contributed by atoms with E-state index in [1.54, 1.807) is 32.3 Å². The van der Waals surface area contributed by atoms with Gasteiger partial charge in [0.2, 0.25) is 21.8 Å². The number of pyridine rings is 1. The molecule has 1 heterocycles. The molecule has 0 saturated carbocycles. The van der Waals surface area contributed by atoms with Gasteiger partial charge in [0, 0.05) is 30.4 Å². The van der Waals surface area contributed by atoms with Crippen LogP contribution in [0.4, 0.5) is 0 Å². The summed E-state index contributed by atoms with van der Waals surface area (Å²) >= 11 is 0. The van der Waals surface area contributed by atoms with Crippen molar-refractivity contribution >= 4 is 27.7 Å². The molecule has 10 nitrogen and oxygen atoms in total. The lowest BCUT2D eigenvalue weighted by Crippen LogP contribution is -2.61. The highest BCUT2D eigenvalue weighted by Gasteiger charge is 2.41. The first-order valence-electron chi connectivity index (χ1n) is 14.7. The lowest BCUT2D eigenvalue weighted by atomic mass is 9.76. The lowest BCUT2D eigenvalue weighted by molar-refractivity contribution is -0.140. The number of likely N-dealkylation sites (N-methyl/N-ethyl adjacent to an activating group) is 2. The van der Waals surface area contributed by atoms with Crippen LogP contribution in [0.1, 0.15) is 66.5 Å². The molecule has 1 aromatic carbocycles. The average molecular weight is 628 g/mol. The van der Waals surface area contributed by atoms with Gasteiger partial charge in [0.25, 0.3) is 5.91 Å². The minimum absolute atomic E-state index is 0.128. The third-order valence-electron chi connectivity index (χ3n) is 7.77. The van der Waals surface area contributed by atoms with E-state index in [0.29, 0.717) is 5.56 Å². The third-order valence-corrected chi connectivity index (χ3v) is 8.98. The first-order chi connectivity index (χ1) is 20.3. The largest absolute Gasteiger partial charge is 0.342 e. The van der Waals surface area contributed by atoms with Crippen molar-refractivity contribution in [2.75, 3.05) is 14.1 Å². The number of rotatable bonds is 13. The fraction of sp³-hybridized carbons (Fsp3) is 0.515. The Hall–Kier alpha value is -3.57. The van der Waals surface area contributed by atoms with Crippen molar-refractivity contribution in [2.24, 2.45) is 11.3 Å². The Morgan fingerprint density at radius 3 is 2.09 bits per heavy atom. The van der Waals surface area contributed by atoms with Crippen LogP contribution in [0, 0.1) is 11.3 Å². The molecule has 2 rings (SSSR count). The number of sulfonamides is 1. The molecule has 0 aliphatic carbocycles. The number of carbonyl (C=O) groups is 3. The van der Waals surface area contributed by atoms with Gasteiger partial charge in [-0.15, -0.1) is 0 Å². The standard InChI is InChI=1S/C33H49N5O5S/c1-22(2)26(19-23(3)29(39)37-44(42,43)21-24-15-14-18-35-20-24)38(10)31(41)28(32(4,5)6)36-30(40)27(34-9)33(7,8)25-16-12-11-13-17-25/h11-20,22,26-28,34H,21H2,1-10H3,(H,36,40)(H,37,39)/b23-19+/t26-,27-,28?/m1/s1. The first-order valence-corrected chi connectivity index (χ1v) is 16.4. The highest BCUT2D eigenvalue weighted by molar-refractivity contribution is 7.89. The molecule has 0 bridgehead atoms. The molecule has 0 saturated heterocycles. The summed E-state index contributed by atoms with van der Waals surface area (Å²) in [4.78, 5) is 46.1. The Balaban J connectivity index is 2.29. The second-order valence-corrected chi connectivity index (χ2v) is 14.9. The monoisotopic (exact) mass is 627 g/mol. The van der Waals surface area contributed by atoms with Crippen LogP contribution in [-0.4, -0.2) is 68.2 Å². The summed E-state index contributed by atoms with van der Waals surface area (Å²) in [5, 5.41) is 6.15. The molecule has 3 atom stereocenters. The summed E-state index contributed by atoms with van der Waals surface area (Å²) in [5.41, 5.74) is 0.347. The minimum Gasteiger partial charge on any atom is -0.342 e. The smallest absolute Gasteiger partial charge is 0.260 e. The number of nitrogens with one attached hydrogen (secondary N) is 3. The van der Waals surface area contributed by atoms with Crippen molar-refractivity contribution in [1.82, 2.24) is 25.2 Å². The van der Waals surface area contributed by atoms with E-state index in [1.165, 1.54) is 24.2 Å². The summed E-state index contributed by atoms with van der Waals surface area (Å²) in [6, 6.07) is 10.9. The van der Waals surface area contributed by atoms with E-state index >= 15 is 0 Å². The number of benzene rings is 1. The molecule has 0 fully saturated rings. The molecule has 44 heavy (non-hydrogen) atoms. The molecule has 0 aliphatic heterocycles. The molecule has 242 valence electrons. The Morgan fingerprint density at radius 1 is 0.977 bits per heavy atom. The van der Waals surface area contributed by atoms with Crippen molar-refractivity contribution in [3.05, 3.63) is 77.6 Å². The highest BCUT2D eigenvalue weighted by Crippen LogP contribution is 2.29. The van der Waals surface area contributed by atoms with Crippen molar-refractivity contribution in [3.63, 3.8) is 0 Å². The van der Waals surface area contributed by atoms with E-state index in [1.807, 2.05) is 78.8 Å². The van der Waals surface area contributed by atoms with Gasteiger partial charge in [-0.25, -0.2) is 13.1 Å². The van der Waals surface area contributed by atoms with Crippen LogP contribution in [0.15, 0.2) is 66.5 Å². The summed E-state index contributed by atoms with van der Waals surface area (Å²) in [6.45, 7) is 14.9. The summed E-state index contributed by atoms with van der Waals surface area (Å²) in [5.74, 6) is -1.94. The second kappa shape index (κ2) is 14.9. The SMILES string of the molecule is CN[C@H](C(=O)NC(C(=O)N(C)[C@H](/C=C(\C)C(=O)NS(=O)(=O)Cc1cccnc1)C(C)C)C(C)(C)C)C(C)(C)c1ccccc1. The predicted molar refractivity (Wildman–Crippen MR) is 174 cm³/mol. The van der Waals surface area contributed by atoms with Gasteiger partial charge in [-0.2, -0.15) is 0 Å². The van der Waals surface area contributed by atoms with Gasteiger partial charge in [-0.1, -0.05) is 90.9 Å². The Kier molecular flexibility index (Phi) is 12.4. The third kappa shape index (κ3) is 9.72. The molecular weight excluding hydrogens is 578 g/mol. The Bertz CT molecular complexity index is 1420. The lowest BCUT2D eigenvalue weighted by Gasteiger charge is -2.40. The van der Waals surface area contributed by atoms with Crippen molar-refractivity contribution in [3.8, 4) is 0 Å². The number of amides is 3. The normalized spacial score (nSPS) is 14.8. The van der Waals surface area contributed by atoms with Gasteiger partial charge in [-0.3, -0.25) is 19.4 Å². The van der Waals surface area contributed by atoms with Crippen LogP contribution in [-0.2, 0) is 35.6 Å². The van der Waals surface area contributed by atoms with Crippen molar-refractivity contribution in [1.29, 1.82) is 0 Å². The number of hydrogen-bond acceptors (Lipinski definition) is 7. The molecule has 11 heteroatoms. The van der Waals surface area contributed by atoms with Gasteiger partial charge in [0.05, 0.1) is 17.8 Å². The minimum atomic E-state index is -3.98. The topological polar surface area (TPSA) is 138 Å². The van der Waals surface area contributed by atoms with Crippen LogP contribution in [0.5, 0.6) is 0 Å². The maximum Gasteiger partial charge on any atom is 0.260 e. The van der Waals surface area contributed by atoms with Crippen molar-refractivity contribution in [2.45, 2.75) is 84.7 Å². The fourth-order valence-corrected chi connectivity index (χ4v) is 6.25. The quantitative estimate of drug-likeness (QED) is 0.289. The zero-order valence-corrected chi connectivity index (χ0v) is 28.5. The maximum atomic E-state index is 14.0. The first kappa shape index (κ1) is 36.6. The maximum absolute atomic E-state index is 14.0. The summed E-state index contributed by atoms with van der Waals surface area (Å²) in [6.07, 6.45) is 4.55. The number of nitrogens with zero attached hydrogens (tertiary/aromatic N) is 2. The molecule has 2 aromatic rings. The molecule has 0 radical (unpaired) electrons. The van der Waals surface area contributed by atoms with E-state index in [2.05, 4.69) is 20.3 Å². The van der Waals surface area contributed by atoms with Crippen LogP contribution < -0.4 is 15.4 Å². The molecular formula is C33H49N5O5S. The Labute approximate surface area is 263 Å². The number of hydrogen-bond donors (Lipinski definition) is 3. The zero-order chi connectivity index (χ0) is 33.5. The molecule has 3 amide bonds. The molecule has 3 N–H and O–H groups in total. The van der Waals surface area contributed by atoms with Crippen LogP contribution >= 0.6 is 0 Å². The fourth-order valence-electron chi connectivity index (χ4n) is 5.12.